The molecular weight excluding hydrogens is 256 g/mol. The number of sulfone groups is 1. The molecule has 2 unspecified atom stereocenters. The van der Waals surface area contributed by atoms with E-state index in [0.29, 0.717) is 6.42 Å². The van der Waals surface area contributed by atoms with Crippen molar-refractivity contribution in [3.63, 3.8) is 0 Å². The van der Waals surface area contributed by atoms with Gasteiger partial charge in [-0.2, -0.15) is 0 Å². The Morgan fingerprint density at radius 2 is 2.00 bits per heavy atom. The summed E-state index contributed by atoms with van der Waals surface area (Å²) in [6.07, 6.45) is 0.435. The molecule has 0 radical (unpaired) electrons. The fourth-order valence-corrected chi connectivity index (χ4v) is 4.40. The zero-order chi connectivity index (χ0) is 13.5. The summed E-state index contributed by atoms with van der Waals surface area (Å²) in [5.74, 6) is -0.315. The molecule has 2 fully saturated rings. The number of carbonyl (C=O) groups is 2. The largest absolute Gasteiger partial charge is 0.345 e. The van der Waals surface area contributed by atoms with Crippen molar-refractivity contribution in [2.45, 2.75) is 32.4 Å². The molecule has 2 heterocycles. The van der Waals surface area contributed by atoms with Crippen LogP contribution in [-0.2, 0) is 19.4 Å². The second kappa shape index (κ2) is 4.53. The third-order valence-electron chi connectivity index (χ3n) is 3.50. The van der Waals surface area contributed by atoms with Gasteiger partial charge in [-0.15, -0.1) is 0 Å². The van der Waals surface area contributed by atoms with Gasteiger partial charge in [0, 0.05) is 6.04 Å². The quantitative estimate of drug-likeness (QED) is 0.711. The molecule has 2 amide bonds. The number of hydrogen-bond donors (Lipinski definition) is 1. The number of carbonyl (C=O) groups excluding carboxylic acids is 2. The fourth-order valence-electron chi connectivity index (χ4n) is 2.69. The van der Waals surface area contributed by atoms with Gasteiger partial charge in [-0.25, -0.2) is 8.42 Å². The summed E-state index contributed by atoms with van der Waals surface area (Å²) < 4.78 is 23.0. The van der Waals surface area contributed by atoms with E-state index in [0.717, 1.165) is 0 Å². The van der Waals surface area contributed by atoms with Crippen LogP contribution in [0.4, 0.5) is 0 Å². The highest BCUT2D eigenvalue weighted by molar-refractivity contribution is 7.91. The molecule has 2 rings (SSSR count). The minimum absolute atomic E-state index is 0.0186. The lowest BCUT2D eigenvalue weighted by Crippen LogP contribution is -2.63. The van der Waals surface area contributed by atoms with Gasteiger partial charge in [0.2, 0.25) is 11.8 Å². The molecule has 0 aliphatic carbocycles. The normalized spacial score (nSPS) is 31.8. The van der Waals surface area contributed by atoms with Crippen molar-refractivity contribution in [2.75, 3.05) is 18.1 Å². The lowest BCUT2D eigenvalue weighted by Gasteiger charge is -2.40. The Kier molecular flexibility index (Phi) is 3.35. The summed E-state index contributed by atoms with van der Waals surface area (Å²) in [6, 6.07) is -0.898. The van der Waals surface area contributed by atoms with Crippen LogP contribution in [-0.4, -0.2) is 55.3 Å². The first kappa shape index (κ1) is 13.3. The molecule has 0 aromatic heterocycles. The van der Waals surface area contributed by atoms with Crippen LogP contribution in [0.15, 0.2) is 0 Å². The third kappa shape index (κ3) is 2.36. The Bertz CT molecular complexity index is 471. The molecular formula is C11H18N2O4S. The molecule has 0 bridgehead atoms. The SMILES string of the molecule is CC(C)C1C(=O)NCC(=O)N1C1CCS(=O)(=O)C1. The minimum Gasteiger partial charge on any atom is -0.345 e. The van der Waals surface area contributed by atoms with Crippen LogP contribution < -0.4 is 5.32 Å². The summed E-state index contributed by atoms with van der Waals surface area (Å²) in [7, 11) is -3.06. The lowest BCUT2D eigenvalue weighted by molar-refractivity contribution is -0.149. The molecule has 0 aromatic carbocycles. The maximum Gasteiger partial charge on any atom is 0.243 e. The molecule has 1 N–H and O–H groups in total. The van der Waals surface area contributed by atoms with Crippen LogP contribution in [0.3, 0.4) is 0 Å². The highest BCUT2D eigenvalue weighted by Crippen LogP contribution is 2.24. The van der Waals surface area contributed by atoms with Crippen molar-refractivity contribution >= 4 is 21.7 Å². The van der Waals surface area contributed by atoms with E-state index in [9.17, 15) is 18.0 Å². The molecule has 18 heavy (non-hydrogen) atoms. The van der Waals surface area contributed by atoms with E-state index in [-0.39, 0.29) is 41.8 Å². The van der Waals surface area contributed by atoms with E-state index in [1.165, 1.54) is 4.90 Å². The van der Waals surface area contributed by atoms with E-state index in [4.69, 9.17) is 0 Å². The van der Waals surface area contributed by atoms with Crippen LogP contribution in [0.1, 0.15) is 20.3 Å². The smallest absolute Gasteiger partial charge is 0.243 e. The molecule has 2 atom stereocenters. The Hall–Kier alpha value is -1.11. The van der Waals surface area contributed by atoms with E-state index in [1.807, 2.05) is 13.8 Å². The summed E-state index contributed by atoms with van der Waals surface area (Å²) in [4.78, 5) is 25.3. The molecule has 102 valence electrons. The monoisotopic (exact) mass is 274 g/mol. The van der Waals surface area contributed by atoms with Crippen LogP contribution in [0.2, 0.25) is 0 Å². The molecule has 2 saturated heterocycles. The summed E-state index contributed by atoms with van der Waals surface area (Å²) in [5.41, 5.74) is 0. The van der Waals surface area contributed by atoms with Gasteiger partial charge >= 0.3 is 0 Å². The third-order valence-corrected chi connectivity index (χ3v) is 5.25. The molecule has 0 spiro atoms. The summed E-state index contributed by atoms with van der Waals surface area (Å²) in [5, 5.41) is 2.56. The maximum atomic E-state index is 12.0. The number of piperazine rings is 1. The average Bonchev–Trinajstić information content (AvgIpc) is 2.61. The van der Waals surface area contributed by atoms with Gasteiger partial charge in [-0.1, -0.05) is 13.8 Å². The van der Waals surface area contributed by atoms with Crippen molar-refractivity contribution in [3.8, 4) is 0 Å². The van der Waals surface area contributed by atoms with Gasteiger partial charge < -0.3 is 10.2 Å². The van der Waals surface area contributed by atoms with Gasteiger partial charge in [0.25, 0.3) is 0 Å². The molecule has 0 aromatic rings. The molecule has 6 nitrogen and oxygen atoms in total. The number of hydrogen-bond acceptors (Lipinski definition) is 4. The van der Waals surface area contributed by atoms with E-state index >= 15 is 0 Å². The molecule has 0 saturated carbocycles. The average molecular weight is 274 g/mol. The van der Waals surface area contributed by atoms with Gasteiger partial charge in [0.1, 0.15) is 6.04 Å². The number of amides is 2. The second-order valence-corrected chi connectivity index (χ2v) is 7.49. The van der Waals surface area contributed by atoms with Gasteiger partial charge in [0.05, 0.1) is 18.1 Å². The van der Waals surface area contributed by atoms with Crippen LogP contribution in [0.25, 0.3) is 0 Å². The standard InChI is InChI=1S/C11H18N2O4S/c1-7(2)10-11(15)12-5-9(14)13(10)8-3-4-18(16,17)6-8/h7-8,10H,3-6H2,1-2H3,(H,12,15). The number of nitrogens with zero attached hydrogens (tertiary/aromatic N) is 1. The first-order valence-electron chi connectivity index (χ1n) is 6.11. The van der Waals surface area contributed by atoms with Crippen molar-refractivity contribution in [1.82, 2.24) is 10.2 Å². The molecule has 2 aliphatic heterocycles. The highest BCUT2D eigenvalue weighted by atomic mass is 32.2. The fraction of sp³-hybridized carbons (Fsp3) is 0.818. The Morgan fingerprint density at radius 3 is 2.50 bits per heavy atom. The van der Waals surface area contributed by atoms with Crippen LogP contribution in [0, 0.1) is 5.92 Å². The zero-order valence-electron chi connectivity index (χ0n) is 10.5. The molecule has 2 aliphatic rings. The predicted octanol–water partition coefficient (Wildman–Crippen LogP) is -0.843. The lowest BCUT2D eigenvalue weighted by atomic mass is 9.97. The molecule has 7 heteroatoms. The van der Waals surface area contributed by atoms with Gasteiger partial charge in [-0.3, -0.25) is 9.59 Å². The number of rotatable bonds is 2. The Morgan fingerprint density at radius 1 is 1.33 bits per heavy atom. The van der Waals surface area contributed by atoms with E-state index in [2.05, 4.69) is 5.32 Å². The van der Waals surface area contributed by atoms with Gasteiger partial charge in [-0.05, 0) is 12.3 Å². The van der Waals surface area contributed by atoms with Crippen molar-refractivity contribution < 1.29 is 18.0 Å². The predicted molar refractivity (Wildman–Crippen MR) is 65.5 cm³/mol. The first-order chi connectivity index (χ1) is 8.32. The van der Waals surface area contributed by atoms with Crippen LogP contribution in [0.5, 0.6) is 0 Å². The van der Waals surface area contributed by atoms with E-state index < -0.39 is 15.9 Å². The highest BCUT2D eigenvalue weighted by Gasteiger charge is 2.44. The van der Waals surface area contributed by atoms with Crippen molar-refractivity contribution in [2.24, 2.45) is 5.92 Å². The second-order valence-electron chi connectivity index (χ2n) is 5.26. The Labute approximate surface area is 107 Å². The Balaban J connectivity index is 2.27. The maximum absolute atomic E-state index is 12.0. The minimum atomic E-state index is -3.06. The van der Waals surface area contributed by atoms with Crippen molar-refractivity contribution in [1.29, 1.82) is 0 Å². The summed E-state index contributed by atoms with van der Waals surface area (Å²) >= 11 is 0. The topological polar surface area (TPSA) is 83.6 Å². The van der Waals surface area contributed by atoms with Crippen molar-refractivity contribution in [3.05, 3.63) is 0 Å². The van der Waals surface area contributed by atoms with Crippen LogP contribution >= 0.6 is 0 Å². The van der Waals surface area contributed by atoms with Gasteiger partial charge in [0.15, 0.2) is 9.84 Å². The summed E-state index contributed by atoms with van der Waals surface area (Å²) in [6.45, 7) is 3.69. The van der Waals surface area contributed by atoms with E-state index in [1.54, 1.807) is 0 Å². The first-order valence-corrected chi connectivity index (χ1v) is 7.93. The zero-order valence-corrected chi connectivity index (χ0v) is 11.4. The number of nitrogens with one attached hydrogen (secondary N) is 1.